The summed E-state index contributed by atoms with van der Waals surface area (Å²) in [6.45, 7) is 0.984. The van der Waals surface area contributed by atoms with Crippen LogP contribution in [0.2, 0.25) is 0 Å². The molecule has 0 spiro atoms. The van der Waals surface area contributed by atoms with Gasteiger partial charge in [0.25, 0.3) is 0 Å². The molecule has 82 valence electrons. The summed E-state index contributed by atoms with van der Waals surface area (Å²) in [6, 6.07) is 3.98. The second-order valence-corrected chi connectivity index (χ2v) is 5.55. The van der Waals surface area contributed by atoms with Crippen LogP contribution in [0.4, 0.5) is 5.82 Å². The summed E-state index contributed by atoms with van der Waals surface area (Å²) in [4.78, 5) is 4.27. The Hall–Kier alpha value is -0.280. The van der Waals surface area contributed by atoms with E-state index in [-0.39, 0.29) is 0 Å². The highest BCUT2D eigenvalue weighted by Gasteiger charge is 2.22. The van der Waals surface area contributed by atoms with Crippen molar-refractivity contribution >= 4 is 33.3 Å². The van der Waals surface area contributed by atoms with Crippen molar-refractivity contribution in [1.82, 2.24) is 4.98 Å². The van der Waals surface area contributed by atoms with E-state index in [4.69, 9.17) is 11.6 Å². The zero-order chi connectivity index (χ0) is 10.7. The standard InChI is InChI=1S/C11H14BrClN2/c12-9-2-4-11(15-7-9)14-6-8-1-3-10(13)5-8/h2,4,7-8,10H,1,3,5-6H2,(H,14,15). The van der Waals surface area contributed by atoms with Gasteiger partial charge in [-0.05, 0) is 53.2 Å². The van der Waals surface area contributed by atoms with E-state index in [9.17, 15) is 0 Å². The second kappa shape index (κ2) is 5.17. The number of pyridine rings is 1. The molecule has 0 amide bonds. The fraction of sp³-hybridized carbons (Fsp3) is 0.545. The van der Waals surface area contributed by atoms with E-state index in [2.05, 4.69) is 26.2 Å². The maximum absolute atomic E-state index is 6.06. The fourth-order valence-electron chi connectivity index (χ4n) is 1.93. The molecule has 1 fully saturated rings. The first kappa shape index (κ1) is 11.2. The lowest BCUT2D eigenvalue weighted by molar-refractivity contribution is 0.579. The Bertz CT molecular complexity index is 315. The van der Waals surface area contributed by atoms with Gasteiger partial charge in [-0.3, -0.25) is 0 Å². The average molecular weight is 290 g/mol. The van der Waals surface area contributed by atoms with Crippen LogP contribution < -0.4 is 5.32 Å². The molecule has 0 saturated heterocycles. The van der Waals surface area contributed by atoms with Crippen molar-refractivity contribution in [3.8, 4) is 0 Å². The van der Waals surface area contributed by atoms with E-state index < -0.39 is 0 Å². The van der Waals surface area contributed by atoms with Crippen LogP contribution in [0.25, 0.3) is 0 Å². The van der Waals surface area contributed by atoms with Gasteiger partial charge < -0.3 is 5.32 Å². The van der Waals surface area contributed by atoms with Crippen molar-refractivity contribution < 1.29 is 0 Å². The van der Waals surface area contributed by atoms with E-state index in [1.165, 1.54) is 6.42 Å². The van der Waals surface area contributed by atoms with E-state index >= 15 is 0 Å². The van der Waals surface area contributed by atoms with Crippen molar-refractivity contribution in [2.75, 3.05) is 11.9 Å². The van der Waals surface area contributed by atoms with Crippen LogP contribution >= 0.6 is 27.5 Å². The van der Waals surface area contributed by atoms with Crippen LogP contribution in [0.15, 0.2) is 22.8 Å². The molecule has 1 heterocycles. The molecule has 2 nitrogen and oxygen atoms in total. The first-order valence-electron chi connectivity index (χ1n) is 5.23. The van der Waals surface area contributed by atoms with E-state index in [0.717, 1.165) is 29.7 Å². The van der Waals surface area contributed by atoms with Gasteiger partial charge in [-0.2, -0.15) is 0 Å². The molecule has 0 bridgehead atoms. The minimum absolute atomic E-state index is 0.384. The Balaban J connectivity index is 1.80. The molecule has 0 radical (unpaired) electrons. The normalized spacial score (nSPS) is 25.5. The summed E-state index contributed by atoms with van der Waals surface area (Å²) in [5, 5.41) is 3.73. The van der Waals surface area contributed by atoms with Crippen LogP contribution in [0.1, 0.15) is 19.3 Å². The number of hydrogen-bond donors (Lipinski definition) is 1. The lowest BCUT2D eigenvalue weighted by Gasteiger charge is -2.10. The van der Waals surface area contributed by atoms with Crippen molar-refractivity contribution in [2.24, 2.45) is 5.92 Å². The summed E-state index contributed by atoms with van der Waals surface area (Å²) in [6.07, 6.45) is 5.33. The van der Waals surface area contributed by atoms with Crippen LogP contribution in [0.3, 0.4) is 0 Å². The lowest BCUT2D eigenvalue weighted by atomic mass is 10.1. The molecule has 15 heavy (non-hydrogen) atoms. The monoisotopic (exact) mass is 288 g/mol. The molecular weight excluding hydrogens is 275 g/mol. The highest BCUT2D eigenvalue weighted by Crippen LogP contribution is 2.29. The van der Waals surface area contributed by atoms with Gasteiger partial charge in [0, 0.05) is 22.6 Å². The number of rotatable bonds is 3. The van der Waals surface area contributed by atoms with Gasteiger partial charge in [0.2, 0.25) is 0 Å². The summed E-state index contributed by atoms with van der Waals surface area (Å²) >= 11 is 9.42. The van der Waals surface area contributed by atoms with Crippen LogP contribution in [-0.4, -0.2) is 16.9 Å². The maximum atomic E-state index is 6.06. The van der Waals surface area contributed by atoms with E-state index in [0.29, 0.717) is 11.3 Å². The molecule has 1 aromatic rings. The van der Waals surface area contributed by atoms with Crippen LogP contribution in [0.5, 0.6) is 0 Å². The third-order valence-electron chi connectivity index (χ3n) is 2.78. The molecule has 1 saturated carbocycles. The van der Waals surface area contributed by atoms with Gasteiger partial charge in [0.05, 0.1) is 0 Å². The number of anilines is 1. The molecule has 1 aliphatic rings. The third kappa shape index (κ3) is 3.35. The second-order valence-electron chi connectivity index (χ2n) is 4.02. The summed E-state index contributed by atoms with van der Waals surface area (Å²) < 4.78 is 1.01. The molecule has 2 unspecified atom stereocenters. The van der Waals surface area contributed by atoms with Crippen molar-refractivity contribution in [3.63, 3.8) is 0 Å². The summed E-state index contributed by atoms with van der Waals surface area (Å²) in [5.74, 6) is 1.65. The van der Waals surface area contributed by atoms with Crippen molar-refractivity contribution in [3.05, 3.63) is 22.8 Å². The Morgan fingerprint density at radius 1 is 1.47 bits per heavy atom. The van der Waals surface area contributed by atoms with Crippen molar-refractivity contribution in [2.45, 2.75) is 24.6 Å². The van der Waals surface area contributed by atoms with Gasteiger partial charge in [-0.15, -0.1) is 11.6 Å². The smallest absolute Gasteiger partial charge is 0.125 e. The topological polar surface area (TPSA) is 24.9 Å². The Kier molecular flexibility index (Phi) is 3.87. The average Bonchev–Trinajstić information content (AvgIpc) is 2.64. The number of alkyl halides is 1. The maximum Gasteiger partial charge on any atom is 0.125 e. The SMILES string of the molecule is ClC1CCC(CNc2ccc(Br)cn2)C1. The summed E-state index contributed by atoms with van der Waals surface area (Å²) in [7, 11) is 0. The Morgan fingerprint density at radius 3 is 2.93 bits per heavy atom. The molecule has 0 aliphatic heterocycles. The van der Waals surface area contributed by atoms with Gasteiger partial charge in [-0.1, -0.05) is 0 Å². The molecular formula is C11H14BrClN2. The Morgan fingerprint density at radius 2 is 2.33 bits per heavy atom. The summed E-state index contributed by atoms with van der Waals surface area (Å²) in [5.41, 5.74) is 0. The third-order valence-corrected chi connectivity index (χ3v) is 3.64. The molecule has 2 rings (SSSR count). The minimum Gasteiger partial charge on any atom is -0.370 e. The number of nitrogens with zero attached hydrogens (tertiary/aromatic N) is 1. The predicted molar refractivity (Wildman–Crippen MR) is 67.4 cm³/mol. The number of hydrogen-bond acceptors (Lipinski definition) is 2. The van der Waals surface area contributed by atoms with Crippen LogP contribution in [-0.2, 0) is 0 Å². The van der Waals surface area contributed by atoms with Crippen LogP contribution in [0, 0.1) is 5.92 Å². The van der Waals surface area contributed by atoms with Gasteiger partial charge in [0.15, 0.2) is 0 Å². The zero-order valence-corrected chi connectivity index (χ0v) is 10.8. The number of aromatic nitrogens is 1. The quantitative estimate of drug-likeness (QED) is 0.859. The molecule has 1 aliphatic carbocycles. The minimum atomic E-state index is 0.384. The molecule has 2 atom stereocenters. The predicted octanol–water partition coefficient (Wildman–Crippen LogP) is 3.66. The number of nitrogens with one attached hydrogen (secondary N) is 1. The lowest BCUT2D eigenvalue weighted by Crippen LogP contribution is -2.12. The fourth-order valence-corrected chi connectivity index (χ4v) is 2.54. The van der Waals surface area contributed by atoms with E-state index in [1.54, 1.807) is 6.20 Å². The van der Waals surface area contributed by atoms with Gasteiger partial charge >= 0.3 is 0 Å². The van der Waals surface area contributed by atoms with Crippen molar-refractivity contribution in [1.29, 1.82) is 0 Å². The molecule has 0 aromatic carbocycles. The van der Waals surface area contributed by atoms with E-state index in [1.807, 2.05) is 12.1 Å². The highest BCUT2D eigenvalue weighted by atomic mass is 79.9. The Labute approximate surface area is 104 Å². The molecule has 1 N–H and O–H groups in total. The highest BCUT2D eigenvalue weighted by molar-refractivity contribution is 9.10. The molecule has 1 aromatic heterocycles. The first-order chi connectivity index (χ1) is 7.24. The van der Waals surface area contributed by atoms with Gasteiger partial charge in [0.1, 0.15) is 5.82 Å². The molecule has 4 heteroatoms. The van der Waals surface area contributed by atoms with Gasteiger partial charge in [-0.25, -0.2) is 4.98 Å². The number of halogens is 2. The first-order valence-corrected chi connectivity index (χ1v) is 6.46. The zero-order valence-electron chi connectivity index (χ0n) is 8.42. The largest absolute Gasteiger partial charge is 0.370 e.